The Kier molecular flexibility index (Phi) is 6.42. The minimum absolute atomic E-state index is 0.0179. The van der Waals surface area contributed by atoms with Crippen molar-refractivity contribution in [2.45, 2.75) is 45.3 Å². The third-order valence-corrected chi connectivity index (χ3v) is 7.16. The van der Waals surface area contributed by atoms with Gasteiger partial charge >= 0.3 is 5.97 Å². The van der Waals surface area contributed by atoms with Gasteiger partial charge in [0.1, 0.15) is 12.4 Å². The van der Waals surface area contributed by atoms with Crippen LogP contribution in [0.2, 0.25) is 0 Å². The number of carbonyl (C=O) groups is 2. The van der Waals surface area contributed by atoms with Crippen molar-refractivity contribution in [1.82, 2.24) is 0 Å². The Bertz CT molecular complexity index is 1240. The molecule has 34 heavy (non-hydrogen) atoms. The first-order chi connectivity index (χ1) is 16.5. The summed E-state index contributed by atoms with van der Waals surface area (Å²) in [7, 11) is 0. The molecule has 0 N–H and O–H groups in total. The summed E-state index contributed by atoms with van der Waals surface area (Å²) in [6, 6.07) is 19.8. The molecule has 3 aromatic carbocycles. The number of hydrogen-bond acceptors (Lipinski definition) is 4. The zero-order valence-electron chi connectivity index (χ0n) is 19.1. The Morgan fingerprint density at radius 3 is 2.74 bits per heavy atom. The highest BCUT2D eigenvalue weighted by molar-refractivity contribution is 9.10. The van der Waals surface area contributed by atoms with E-state index in [0.29, 0.717) is 26.2 Å². The van der Waals surface area contributed by atoms with Crippen LogP contribution < -0.4 is 9.64 Å². The van der Waals surface area contributed by atoms with E-state index in [4.69, 9.17) is 9.47 Å². The summed E-state index contributed by atoms with van der Waals surface area (Å²) in [5, 5.41) is 0. The minimum Gasteiger partial charge on any atom is -0.489 e. The van der Waals surface area contributed by atoms with Gasteiger partial charge in [-0.25, -0.2) is 0 Å². The normalized spacial score (nSPS) is 16.4. The zero-order valence-corrected chi connectivity index (χ0v) is 20.6. The van der Waals surface area contributed by atoms with Gasteiger partial charge in [0.25, 0.3) is 5.91 Å². The predicted octanol–water partition coefficient (Wildman–Crippen LogP) is 6.17. The fourth-order valence-electron chi connectivity index (χ4n) is 4.93. The number of fused-ring (bicyclic) bond motifs is 2. The topological polar surface area (TPSA) is 55.8 Å². The maximum Gasteiger partial charge on any atom is 0.306 e. The largest absolute Gasteiger partial charge is 0.489 e. The first kappa shape index (κ1) is 22.7. The molecule has 174 valence electrons. The second-order valence-corrected chi connectivity index (χ2v) is 9.62. The van der Waals surface area contributed by atoms with Crippen molar-refractivity contribution in [3.05, 3.63) is 93.0 Å². The van der Waals surface area contributed by atoms with Crippen molar-refractivity contribution >= 4 is 33.5 Å². The van der Waals surface area contributed by atoms with Gasteiger partial charge in [-0.15, -0.1) is 0 Å². The quantitative estimate of drug-likeness (QED) is 0.350. The molecule has 1 aliphatic carbocycles. The summed E-state index contributed by atoms with van der Waals surface area (Å²) in [5.41, 5.74) is 6.11. The molecule has 1 aliphatic heterocycles. The third kappa shape index (κ3) is 4.47. The van der Waals surface area contributed by atoms with E-state index < -0.39 is 0 Å². The first-order valence-electron chi connectivity index (χ1n) is 11.6. The van der Waals surface area contributed by atoms with Crippen LogP contribution in [0.1, 0.15) is 58.3 Å². The molecule has 1 heterocycles. The number of ether oxygens (including phenoxy) is 2. The van der Waals surface area contributed by atoms with E-state index in [1.165, 1.54) is 11.1 Å². The van der Waals surface area contributed by atoms with Crippen LogP contribution >= 0.6 is 15.9 Å². The van der Waals surface area contributed by atoms with Crippen molar-refractivity contribution in [3.63, 3.8) is 0 Å². The standard InChI is InChI=1S/C28H26BrNO4/c1-2-33-27(31)15-19-7-6-18-14-23(12-13-24(18)19)34-17-20-4-3-5-25-26(20)16-30(28(25)32)22-10-8-21(29)9-11-22/h3-5,8-14,19H,2,6-7,15-17H2,1H3. The van der Waals surface area contributed by atoms with Crippen LogP contribution in [0, 0.1) is 0 Å². The molecule has 5 rings (SSSR count). The number of hydrogen-bond donors (Lipinski definition) is 0. The molecule has 1 amide bonds. The van der Waals surface area contributed by atoms with Crippen LogP contribution in [0.25, 0.3) is 0 Å². The number of esters is 1. The van der Waals surface area contributed by atoms with Gasteiger partial charge < -0.3 is 14.4 Å². The Labute approximate surface area is 207 Å². The Morgan fingerprint density at radius 2 is 1.94 bits per heavy atom. The molecule has 0 aromatic heterocycles. The lowest BCUT2D eigenvalue weighted by atomic mass is 9.98. The van der Waals surface area contributed by atoms with E-state index in [1.807, 2.05) is 55.5 Å². The minimum atomic E-state index is -0.134. The van der Waals surface area contributed by atoms with Crippen molar-refractivity contribution in [2.75, 3.05) is 11.5 Å². The third-order valence-electron chi connectivity index (χ3n) is 6.63. The van der Waals surface area contributed by atoms with E-state index in [0.717, 1.165) is 45.4 Å². The number of anilines is 1. The Hall–Kier alpha value is -3.12. The fourth-order valence-corrected chi connectivity index (χ4v) is 5.19. The molecule has 5 nitrogen and oxygen atoms in total. The average Bonchev–Trinajstić information content (AvgIpc) is 3.39. The smallest absolute Gasteiger partial charge is 0.306 e. The van der Waals surface area contributed by atoms with Crippen LogP contribution in [0.3, 0.4) is 0 Å². The zero-order chi connectivity index (χ0) is 23.7. The number of benzene rings is 3. The van der Waals surface area contributed by atoms with Gasteiger partial charge in [0.15, 0.2) is 0 Å². The summed E-state index contributed by atoms with van der Waals surface area (Å²) in [4.78, 5) is 26.7. The van der Waals surface area contributed by atoms with Gasteiger partial charge in [0, 0.05) is 15.7 Å². The lowest BCUT2D eigenvalue weighted by molar-refractivity contribution is -0.143. The van der Waals surface area contributed by atoms with Crippen molar-refractivity contribution in [3.8, 4) is 5.75 Å². The fraction of sp³-hybridized carbons (Fsp3) is 0.286. The van der Waals surface area contributed by atoms with Crippen LogP contribution in [-0.2, 0) is 29.1 Å². The molecular weight excluding hydrogens is 494 g/mol. The van der Waals surface area contributed by atoms with Crippen molar-refractivity contribution in [2.24, 2.45) is 0 Å². The monoisotopic (exact) mass is 519 g/mol. The molecule has 2 aliphatic rings. The van der Waals surface area contributed by atoms with Crippen LogP contribution in [0.15, 0.2) is 65.1 Å². The molecule has 0 saturated heterocycles. The molecule has 1 unspecified atom stereocenters. The molecule has 0 radical (unpaired) electrons. The van der Waals surface area contributed by atoms with Gasteiger partial charge in [-0.2, -0.15) is 0 Å². The summed E-state index contributed by atoms with van der Waals surface area (Å²) in [6.45, 7) is 3.19. The average molecular weight is 520 g/mol. The SMILES string of the molecule is CCOC(=O)CC1CCc2cc(OCc3cccc4c3CN(c3ccc(Br)cc3)C4=O)ccc21. The van der Waals surface area contributed by atoms with Crippen LogP contribution in [0.5, 0.6) is 5.75 Å². The van der Waals surface area contributed by atoms with Gasteiger partial charge in [0.05, 0.1) is 19.6 Å². The molecule has 0 fully saturated rings. The lowest BCUT2D eigenvalue weighted by Gasteiger charge is -2.16. The second-order valence-electron chi connectivity index (χ2n) is 8.71. The van der Waals surface area contributed by atoms with Crippen LogP contribution in [0.4, 0.5) is 5.69 Å². The first-order valence-corrected chi connectivity index (χ1v) is 12.4. The number of nitrogens with zero attached hydrogens (tertiary/aromatic N) is 1. The molecule has 3 aromatic rings. The van der Waals surface area contributed by atoms with E-state index in [2.05, 4.69) is 28.1 Å². The van der Waals surface area contributed by atoms with Crippen molar-refractivity contribution < 1.29 is 19.1 Å². The highest BCUT2D eigenvalue weighted by Gasteiger charge is 2.30. The maximum atomic E-state index is 13.0. The molecular formula is C28H26BrNO4. The summed E-state index contributed by atoms with van der Waals surface area (Å²) in [6.07, 6.45) is 2.33. The van der Waals surface area contributed by atoms with Crippen molar-refractivity contribution in [1.29, 1.82) is 0 Å². The highest BCUT2D eigenvalue weighted by atomic mass is 79.9. The lowest BCUT2D eigenvalue weighted by Crippen LogP contribution is -2.22. The van der Waals surface area contributed by atoms with Gasteiger partial charge in [-0.05, 0) is 90.4 Å². The number of carbonyl (C=O) groups excluding carboxylic acids is 2. The Balaban J connectivity index is 1.28. The molecule has 0 bridgehead atoms. The van der Waals surface area contributed by atoms with E-state index >= 15 is 0 Å². The molecule has 0 spiro atoms. The summed E-state index contributed by atoms with van der Waals surface area (Å²) >= 11 is 3.45. The van der Waals surface area contributed by atoms with Gasteiger partial charge in [0.2, 0.25) is 0 Å². The Morgan fingerprint density at radius 1 is 1.12 bits per heavy atom. The number of halogens is 1. The van der Waals surface area contributed by atoms with Gasteiger partial charge in [-0.1, -0.05) is 34.1 Å². The summed E-state index contributed by atoms with van der Waals surface area (Å²) in [5.74, 6) is 0.910. The van der Waals surface area contributed by atoms with Crippen LogP contribution in [-0.4, -0.2) is 18.5 Å². The number of amides is 1. The summed E-state index contributed by atoms with van der Waals surface area (Å²) < 4.78 is 12.3. The molecule has 0 saturated carbocycles. The molecule has 1 atom stereocenters. The number of aryl methyl sites for hydroxylation is 1. The van der Waals surface area contributed by atoms with E-state index in [-0.39, 0.29) is 17.8 Å². The highest BCUT2D eigenvalue weighted by Crippen LogP contribution is 2.38. The molecule has 6 heteroatoms. The predicted molar refractivity (Wildman–Crippen MR) is 134 cm³/mol. The van der Waals surface area contributed by atoms with E-state index in [9.17, 15) is 9.59 Å². The second kappa shape index (κ2) is 9.63. The number of rotatable bonds is 7. The van der Waals surface area contributed by atoms with E-state index in [1.54, 1.807) is 4.90 Å². The maximum absolute atomic E-state index is 13.0. The van der Waals surface area contributed by atoms with Gasteiger partial charge in [-0.3, -0.25) is 9.59 Å².